The molecule has 0 spiro atoms. The Bertz CT molecular complexity index is 425. The van der Waals surface area contributed by atoms with Gasteiger partial charge in [0.05, 0.1) is 12.5 Å². The molecule has 1 aliphatic carbocycles. The summed E-state index contributed by atoms with van der Waals surface area (Å²) in [6, 6.07) is 9.69. The molecule has 0 amide bonds. The highest BCUT2D eigenvalue weighted by Gasteiger charge is 2.34. The van der Waals surface area contributed by atoms with Crippen molar-refractivity contribution >= 4 is 11.8 Å². The number of Topliss-reactive ketones (excluding diaryl/α,β-unsaturated/α-hetero) is 1. The summed E-state index contributed by atoms with van der Waals surface area (Å²) in [6.07, 6.45) is 1.69. The van der Waals surface area contributed by atoms with Gasteiger partial charge in [0.1, 0.15) is 5.78 Å². The lowest BCUT2D eigenvalue weighted by Crippen LogP contribution is -2.29. The highest BCUT2D eigenvalue weighted by atomic mass is 16.5. The minimum absolute atomic E-state index is 0.132. The van der Waals surface area contributed by atoms with E-state index in [1.807, 2.05) is 30.3 Å². The zero-order valence-corrected chi connectivity index (χ0v) is 10.6. The maximum absolute atomic E-state index is 12.0. The monoisotopic (exact) mass is 246 g/mol. The predicted octanol–water partition coefficient (Wildman–Crippen LogP) is 2.70. The number of benzene rings is 1. The van der Waals surface area contributed by atoms with E-state index in [9.17, 15) is 9.59 Å². The number of rotatable bonds is 3. The van der Waals surface area contributed by atoms with Crippen LogP contribution in [0.1, 0.15) is 37.7 Å². The van der Waals surface area contributed by atoms with Gasteiger partial charge in [-0.3, -0.25) is 9.59 Å². The topological polar surface area (TPSA) is 43.4 Å². The molecule has 0 bridgehead atoms. The fraction of sp³-hybridized carbons (Fsp3) is 0.467. The van der Waals surface area contributed by atoms with Crippen molar-refractivity contribution in [2.45, 2.75) is 32.1 Å². The third-order valence-electron chi connectivity index (χ3n) is 3.47. The van der Waals surface area contributed by atoms with E-state index >= 15 is 0 Å². The number of carbonyl (C=O) groups excluding carboxylic acids is 2. The van der Waals surface area contributed by atoms with Crippen molar-refractivity contribution in [3.63, 3.8) is 0 Å². The smallest absolute Gasteiger partial charge is 0.308 e. The lowest BCUT2D eigenvalue weighted by atomic mass is 9.77. The number of hydrogen-bond acceptors (Lipinski definition) is 3. The van der Waals surface area contributed by atoms with Gasteiger partial charge in [-0.15, -0.1) is 0 Å². The average Bonchev–Trinajstić information content (AvgIpc) is 2.40. The van der Waals surface area contributed by atoms with E-state index in [1.54, 1.807) is 6.92 Å². The molecule has 1 saturated carbocycles. The first-order valence-corrected chi connectivity index (χ1v) is 6.46. The number of ether oxygens (including phenoxy) is 1. The molecule has 1 aliphatic rings. The van der Waals surface area contributed by atoms with E-state index in [0.29, 0.717) is 25.9 Å². The van der Waals surface area contributed by atoms with Crippen molar-refractivity contribution in [1.82, 2.24) is 0 Å². The molecule has 0 aromatic heterocycles. The van der Waals surface area contributed by atoms with Crippen LogP contribution in [0, 0.1) is 5.92 Å². The first-order valence-electron chi connectivity index (χ1n) is 6.46. The van der Waals surface area contributed by atoms with Crippen LogP contribution in [-0.4, -0.2) is 18.4 Å². The molecule has 0 aliphatic heterocycles. The van der Waals surface area contributed by atoms with E-state index < -0.39 is 0 Å². The van der Waals surface area contributed by atoms with Crippen molar-refractivity contribution in [2.24, 2.45) is 5.92 Å². The molecule has 2 unspecified atom stereocenters. The lowest BCUT2D eigenvalue weighted by Gasteiger charge is -2.26. The van der Waals surface area contributed by atoms with Crippen molar-refractivity contribution < 1.29 is 14.3 Å². The standard InChI is InChI=1S/C15H18O3/c1-2-18-15(17)12-8-9-14(16)13(10-12)11-6-4-3-5-7-11/h3-7,12-13H,2,8-10H2,1H3. The van der Waals surface area contributed by atoms with E-state index in [2.05, 4.69) is 0 Å². The van der Waals surface area contributed by atoms with Gasteiger partial charge in [0.15, 0.2) is 0 Å². The van der Waals surface area contributed by atoms with Gasteiger partial charge >= 0.3 is 5.97 Å². The van der Waals surface area contributed by atoms with E-state index in [-0.39, 0.29) is 23.6 Å². The fourth-order valence-corrected chi connectivity index (χ4v) is 2.51. The Morgan fingerprint density at radius 3 is 2.72 bits per heavy atom. The molecule has 1 aromatic rings. The fourth-order valence-electron chi connectivity index (χ4n) is 2.51. The molecule has 96 valence electrons. The van der Waals surface area contributed by atoms with Gasteiger partial charge in [-0.1, -0.05) is 30.3 Å². The quantitative estimate of drug-likeness (QED) is 0.770. The van der Waals surface area contributed by atoms with Crippen molar-refractivity contribution in [3.8, 4) is 0 Å². The summed E-state index contributed by atoms with van der Waals surface area (Å²) in [5.41, 5.74) is 1.01. The third-order valence-corrected chi connectivity index (χ3v) is 3.47. The Kier molecular flexibility index (Phi) is 4.13. The van der Waals surface area contributed by atoms with Crippen molar-refractivity contribution in [2.75, 3.05) is 6.61 Å². The van der Waals surface area contributed by atoms with Crippen LogP contribution in [0.25, 0.3) is 0 Å². The summed E-state index contributed by atoms with van der Waals surface area (Å²) < 4.78 is 5.05. The summed E-state index contributed by atoms with van der Waals surface area (Å²) in [5.74, 6) is -0.199. The largest absolute Gasteiger partial charge is 0.466 e. The SMILES string of the molecule is CCOC(=O)C1CCC(=O)C(c2ccccc2)C1. The van der Waals surface area contributed by atoms with Crippen molar-refractivity contribution in [3.05, 3.63) is 35.9 Å². The molecule has 2 atom stereocenters. The first-order chi connectivity index (χ1) is 8.72. The first kappa shape index (κ1) is 12.8. The van der Waals surface area contributed by atoms with E-state index in [4.69, 9.17) is 4.74 Å². The molecule has 0 saturated heterocycles. The molecular weight excluding hydrogens is 228 g/mol. The highest BCUT2D eigenvalue weighted by molar-refractivity contribution is 5.88. The molecule has 3 heteroatoms. The normalized spacial score (nSPS) is 23.7. The minimum Gasteiger partial charge on any atom is -0.466 e. The van der Waals surface area contributed by atoms with Gasteiger partial charge in [0.25, 0.3) is 0 Å². The molecule has 0 radical (unpaired) electrons. The van der Waals surface area contributed by atoms with Crippen LogP contribution in [0.3, 0.4) is 0 Å². The van der Waals surface area contributed by atoms with Gasteiger partial charge in [0, 0.05) is 12.3 Å². The molecule has 3 nitrogen and oxygen atoms in total. The number of carbonyl (C=O) groups is 2. The van der Waals surface area contributed by atoms with Crippen LogP contribution in [-0.2, 0) is 14.3 Å². The van der Waals surface area contributed by atoms with E-state index in [0.717, 1.165) is 5.56 Å². The maximum Gasteiger partial charge on any atom is 0.308 e. The Morgan fingerprint density at radius 2 is 2.06 bits per heavy atom. The third kappa shape index (κ3) is 2.78. The zero-order chi connectivity index (χ0) is 13.0. The molecule has 1 fully saturated rings. The van der Waals surface area contributed by atoms with Gasteiger partial charge in [-0.2, -0.15) is 0 Å². The Morgan fingerprint density at radius 1 is 1.33 bits per heavy atom. The Balaban J connectivity index is 2.10. The maximum atomic E-state index is 12.0. The summed E-state index contributed by atoms with van der Waals surface area (Å²) in [4.78, 5) is 23.7. The van der Waals surface area contributed by atoms with Crippen LogP contribution in [0.5, 0.6) is 0 Å². The number of ketones is 1. The lowest BCUT2D eigenvalue weighted by molar-refractivity contribution is -0.149. The summed E-state index contributed by atoms with van der Waals surface area (Å²) >= 11 is 0. The van der Waals surface area contributed by atoms with Gasteiger partial charge in [-0.25, -0.2) is 0 Å². The number of hydrogen-bond donors (Lipinski definition) is 0. The zero-order valence-electron chi connectivity index (χ0n) is 10.6. The second kappa shape index (κ2) is 5.80. The predicted molar refractivity (Wildman–Crippen MR) is 68.2 cm³/mol. The van der Waals surface area contributed by atoms with Crippen molar-refractivity contribution in [1.29, 1.82) is 0 Å². The molecular formula is C15H18O3. The van der Waals surface area contributed by atoms with Crippen LogP contribution in [0.4, 0.5) is 0 Å². The summed E-state index contributed by atoms with van der Waals surface area (Å²) in [5, 5.41) is 0. The molecule has 18 heavy (non-hydrogen) atoms. The second-order valence-corrected chi connectivity index (χ2v) is 4.65. The average molecular weight is 246 g/mol. The van der Waals surface area contributed by atoms with Crippen LogP contribution < -0.4 is 0 Å². The van der Waals surface area contributed by atoms with Crippen LogP contribution in [0.15, 0.2) is 30.3 Å². The minimum atomic E-state index is -0.161. The molecule has 2 rings (SSSR count). The highest BCUT2D eigenvalue weighted by Crippen LogP contribution is 2.34. The Hall–Kier alpha value is -1.64. The van der Waals surface area contributed by atoms with Gasteiger partial charge in [0.2, 0.25) is 0 Å². The summed E-state index contributed by atoms with van der Waals surface area (Å²) in [7, 11) is 0. The molecule has 1 aromatic carbocycles. The van der Waals surface area contributed by atoms with Gasteiger partial charge in [-0.05, 0) is 25.3 Å². The number of esters is 1. The van der Waals surface area contributed by atoms with Crippen LogP contribution in [0.2, 0.25) is 0 Å². The summed E-state index contributed by atoms with van der Waals surface area (Å²) in [6.45, 7) is 2.21. The second-order valence-electron chi connectivity index (χ2n) is 4.65. The van der Waals surface area contributed by atoms with Gasteiger partial charge < -0.3 is 4.74 Å². The Labute approximate surface area is 107 Å². The van der Waals surface area contributed by atoms with E-state index in [1.165, 1.54) is 0 Å². The molecule has 0 heterocycles. The molecule has 0 N–H and O–H groups in total. The van der Waals surface area contributed by atoms with Crippen LogP contribution >= 0.6 is 0 Å².